The van der Waals surface area contributed by atoms with E-state index in [4.69, 9.17) is 19.1 Å². The molecule has 1 aliphatic rings. The van der Waals surface area contributed by atoms with Gasteiger partial charge in [-0.3, -0.25) is 4.57 Å². The Kier molecular flexibility index (Phi) is 7.23. The van der Waals surface area contributed by atoms with Crippen molar-refractivity contribution < 1.29 is 9.15 Å². The average Bonchev–Trinajstić information content (AvgIpc) is 3.50. The van der Waals surface area contributed by atoms with Crippen LogP contribution in [0.15, 0.2) is 40.8 Å². The SMILES string of the molecule is CCCc1nnc(-c2ccc3nc(Nc4ccc(OC)cc4)n(CCCN4CCCCC4)c3n2)o1. The topological polar surface area (TPSA) is 94.1 Å². The van der Waals surface area contributed by atoms with Crippen molar-refractivity contribution in [3.8, 4) is 17.3 Å². The molecule has 1 fully saturated rings. The van der Waals surface area contributed by atoms with Crippen molar-refractivity contribution in [2.75, 3.05) is 32.1 Å². The van der Waals surface area contributed by atoms with Crippen LogP contribution in [0.2, 0.25) is 0 Å². The Hall–Kier alpha value is -3.46. The molecule has 9 nitrogen and oxygen atoms in total. The quantitative estimate of drug-likeness (QED) is 0.340. The Morgan fingerprint density at radius 1 is 0.971 bits per heavy atom. The van der Waals surface area contributed by atoms with Gasteiger partial charge in [0.15, 0.2) is 5.65 Å². The largest absolute Gasteiger partial charge is 0.497 e. The van der Waals surface area contributed by atoms with E-state index >= 15 is 0 Å². The Balaban J connectivity index is 1.43. The first-order valence-corrected chi connectivity index (χ1v) is 12.6. The molecule has 0 aliphatic carbocycles. The molecule has 1 aliphatic heterocycles. The van der Waals surface area contributed by atoms with E-state index in [1.54, 1.807) is 7.11 Å². The number of piperidine rings is 1. The fraction of sp³-hybridized carbons (Fsp3) is 0.462. The number of nitrogens with zero attached hydrogens (tertiary/aromatic N) is 6. The van der Waals surface area contributed by atoms with Crippen LogP contribution in [0.5, 0.6) is 5.75 Å². The molecule has 0 spiro atoms. The number of hydrogen-bond acceptors (Lipinski definition) is 8. The predicted molar refractivity (Wildman–Crippen MR) is 136 cm³/mol. The van der Waals surface area contributed by atoms with E-state index in [0.29, 0.717) is 17.5 Å². The lowest BCUT2D eigenvalue weighted by molar-refractivity contribution is 0.223. The van der Waals surface area contributed by atoms with Gasteiger partial charge < -0.3 is 19.4 Å². The van der Waals surface area contributed by atoms with Crippen molar-refractivity contribution in [2.45, 2.75) is 52.0 Å². The molecule has 35 heavy (non-hydrogen) atoms. The van der Waals surface area contributed by atoms with E-state index in [-0.39, 0.29) is 0 Å². The fourth-order valence-corrected chi connectivity index (χ4v) is 4.54. The highest BCUT2D eigenvalue weighted by molar-refractivity contribution is 5.78. The summed E-state index contributed by atoms with van der Waals surface area (Å²) in [6.45, 7) is 6.37. The second kappa shape index (κ2) is 10.9. The molecule has 0 amide bonds. The summed E-state index contributed by atoms with van der Waals surface area (Å²) >= 11 is 0. The van der Waals surface area contributed by atoms with Gasteiger partial charge in [0.1, 0.15) is 17.0 Å². The lowest BCUT2D eigenvalue weighted by Crippen LogP contribution is -2.31. The number of pyridine rings is 1. The summed E-state index contributed by atoms with van der Waals surface area (Å²) in [5.74, 6) is 2.67. The summed E-state index contributed by atoms with van der Waals surface area (Å²) in [4.78, 5) is 12.3. The number of methoxy groups -OCH3 is 1. The Morgan fingerprint density at radius 2 is 1.80 bits per heavy atom. The summed E-state index contributed by atoms with van der Waals surface area (Å²) in [6, 6.07) is 11.7. The Bertz CT molecular complexity index is 1240. The van der Waals surface area contributed by atoms with Crippen LogP contribution in [0.3, 0.4) is 0 Å². The number of aromatic nitrogens is 5. The zero-order chi connectivity index (χ0) is 24.0. The zero-order valence-corrected chi connectivity index (χ0v) is 20.5. The molecule has 4 heterocycles. The van der Waals surface area contributed by atoms with Crippen LogP contribution in [-0.2, 0) is 13.0 Å². The smallest absolute Gasteiger partial charge is 0.266 e. The number of benzene rings is 1. The first-order valence-electron chi connectivity index (χ1n) is 12.6. The maximum Gasteiger partial charge on any atom is 0.266 e. The highest BCUT2D eigenvalue weighted by Crippen LogP contribution is 2.26. The number of fused-ring (bicyclic) bond motifs is 1. The van der Waals surface area contributed by atoms with E-state index in [1.807, 2.05) is 36.4 Å². The van der Waals surface area contributed by atoms with Gasteiger partial charge in [0.25, 0.3) is 5.89 Å². The first-order chi connectivity index (χ1) is 17.2. The molecule has 1 saturated heterocycles. The van der Waals surface area contributed by atoms with Crippen LogP contribution in [0, 0.1) is 0 Å². The third-order valence-electron chi connectivity index (χ3n) is 6.39. The Labute approximate surface area is 205 Å². The minimum absolute atomic E-state index is 0.445. The average molecular weight is 476 g/mol. The van der Waals surface area contributed by atoms with Gasteiger partial charge in [-0.05, 0) is 81.7 Å². The molecule has 0 bridgehead atoms. The molecule has 4 aromatic rings. The minimum Gasteiger partial charge on any atom is -0.497 e. The van der Waals surface area contributed by atoms with Crippen molar-refractivity contribution in [2.24, 2.45) is 0 Å². The molecular formula is C26H33N7O2. The van der Waals surface area contributed by atoms with Gasteiger partial charge in [-0.1, -0.05) is 13.3 Å². The lowest BCUT2D eigenvalue weighted by Gasteiger charge is -2.26. The third-order valence-corrected chi connectivity index (χ3v) is 6.39. The zero-order valence-electron chi connectivity index (χ0n) is 20.5. The van der Waals surface area contributed by atoms with Gasteiger partial charge in [-0.15, -0.1) is 10.2 Å². The molecule has 0 radical (unpaired) electrons. The van der Waals surface area contributed by atoms with E-state index in [2.05, 4.69) is 31.9 Å². The van der Waals surface area contributed by atoms with Crippen LogP contribution in [0.4, 0.5) is 11.6 Å². The normalized spacial score (nSPS) is 14.5. The highest BCUT2D eigenvalue weighted by atomic mass is 16.5. The lowest BCUT2D eigenvalue weighted by atomic mass is 10.1. The summed E-state index contributed by atoms with van der Waals surface area (Å²) < 4.78 is 13.3. The number of rotatable bonds is 10. The molecule has 5 rings (SSSR count). The van der Waals surface area contributed by atoms with Gasteiger partial charge in [0.05, 0.1) is 7.11 Å². The van der Waals surface area contributed by atoms with E-state index in [0.717, 1.165) is 60.9 Å². The van der Waals surface area contributed by atoms with Crippen LogP contribution in [0.25, 0.3) is 22.7 Å². The summed E-state index contributed by atoms with van der Waals surface area (Å²) in [6.07, 6.45) is 6.69. The van der Waals surface area contributed by atoms with Crippen LogP contribution >= 0.6 is 0 Å². The molecular weight excluding hydrogens is 442 g/mol. The second-order valence-corrected chi connectivity index (χ2v) is 8.99. The van der Waals surface area contributed by atoms with Crippen LogP contribution in [0.1, 0.15) is 44.9 Å². The van der Waals surface area contributed by atoms with Gasteiger partial charge in [-0.25, -0.2) is 9.97 Å². The molecule has 0 saturated carbocycles. The highest BCUT2D eigenvalue weighted by Gasteiger charge is 2.17. The van der Waals surface area contributed by atoms with Gasteiger partial charge >= 0.3 is 0 Å². The predicted octanol–water partition coefficient (Wildman–Crippen LogP) is 5.06. The standard InChI is InChI=1S/C26H33N7O2/c1-3-8-23-30-31-25(35-23)22-14-13-21-24(28-22)33(18-7-17-32-15-5-4-6-16-32)26(29-21)27-19-9-11-20(34-2)12-10-19/h9-14H,3-8,15-18H2,1-2H3,(H,27,29). The van der Waals surface area contributed by atoms with E-state index in [9.17, 15) is 0 Å². The van der Waals surface area contributed by atoms with Crippen molar-refractivity contribution >= 4 is 22.8 Å². The van der Waals surface area contributed by atoms with E-state index in [1.165, 1.54) is 32.4 Å². The summed E-state index contributed by atoms with van der Waals surface area (Å²) in [5, 5.41) is 11.8. The number of likely N-dealkylation sites (tertiary alicyclic amines) is 1. The number of nitrogens with one attached hydrogen (secondary N) is 1. The number of aryl methyl sites for hydroxylation is 2. The fourth-order valence-electron chi connectivity index (χ4n) is 4.54. The number of ether oxygens (including phenoxy) is 1. The molecule has 184 valence electrons. The maximum absolute atomic E-state index is 5.84. The monoisotopic (exact) mass is 475 g/mol. The molecule has 1 N–H and O–H groups in total. The number of hydrogen-bond donors (Lipinski definition) is 1. The van der Waals surface area contributed by atoms with Crippen molar-refractivity contribution in [1.29, 1.82) is 0 Å². The van der Waals surface area contributed by atoms with Gasteiger partial charge in [-0.2, -0.15) is 0 Å². The molecule has 0 unspecified atom stereocenters. The number of imidazole rings is 1. The maximum atomic E-state index is 5.84. The van der Waals surface area contributed by atoms with E-state index < -0.39 is 0 Å². The molecule has 1 aromatic carbocycles. The molecule has 3 aromatic heterocycles. The van der Waals surface area contributed by atoms with Crippen LogP contribution < -0.4 is 10.1 Å². The van der Waals surface area contributed by atoms with Crippen molar-refractivity contribution in [1.82, 2.24) is 29.6 Å². The first kappa shape index (κ1) is 23.3. The van der Waals surface area contributed by atoms with Crippen LogP contribution in [-0.4, -0.2) is 56.4 Å². The summed E-state index contributed by atoms with van der Waals surface area (Å²) in [5.41, 5.74) is 3.25. The minimum atomic E-state index is 0.445. The second-order valence-electron chi connectivity index (χ2n) is 8.99. The van der Waals surface area contributed by atoms with Gasteiger partial charge in [0, 0.05) is 18.7 Å². The Morgan fingerprint density at radius 3 is 2.57 bits per heavy atom. The van der Waals surface area contributed by atoms with Gasteiger partial charge in [0.2, 0.25) is 11.8 Å². The third kappa shape index (κ3) is 5.45. The molecule has 0 atom stereocenters. The van der Waals surface area contributed by atoms with Crippen molar-refractivity contribution in [3.63, 3.8) is 0 Å². The number of anilines is 2. The van der Waals surface area contributed by atoms with Crippen molar-refractivity contribution in [3.05, 3.63) is 42.3 Å². The summed E-state index contributed by atoms with van der Waals surface area (Å²) in [7, 11) is 1.67. The molecule has 9 heteroatoms.